The Kier molecular flexibility index (Phi) is 24.8. The molecule has 30 heavy (non-hydrogen) atoms. The molecule has 0 saturated carbocycles. The first-order valence-electron chi connectivity index (χ1n) is 11.6. The van der Waals surface area contributed by atoms with E-state index < -0.39 is 0 Å². The van der Waals surface area contributed by atoms with Gasteiger partial charge < -0.3 is 23.7 Å². The number of hydrogen-bond donors (Lipinski definition) is 0. The van der Waals surface area contributed by atoms with Gasteiger partial charge in [0.15, 0.2) is 5.78 Å². The second-order valence-corrected chi connectivity index (χ2v) is 8.16. The van der Waals surface area contributed by atoms with E-state index in [4.69, 9.17) is 35.3 Å². The Bertz CT molecular complexity index is 355. The van der Waals surface area contributed by atoms with Crippen LogP contribution in [-0.4, -0.2) is 77.7 Å². The van der Waals surface area contributed by atoms with Crippen LogP contribution in [0.4, 0.5) is 0 Å². The van der Waals surface area contributed by atoms with Gasteiger partial charge in [-0.3, -0.25) is 4.79 Å². The van der Waals surface area contributed by atoms with E-state index in [2.05, 4.69) is 13.8 Å². The summed E-state index contributed by atoms with van der Waals surface area (Å²) >= 11 is 5.63. The van der Waals surface area contributed by atoms with Crippen molar-refractivity contribution in [2.75, 3.05) is 71.9 Å². The fourth-order valence-corrected chi connectivity index (χ4v) is 2.83. The number of Topliss-reactive ketones (excluding diaryl/α,β-unsaturated/α-hetero) is 1. The average Bonchev–Trinajstić information content (AvgIpc) is 2.72. The van der Waals surface area contributed by atoms with Crippen LogP contribution in [0, 0.1) is 5.92 Å². The number of carbonyl (C=O) groups is 1. The van der Waals surface area contributed by atoms with Crippen LogP contribution in [0.1, 0.15) is 65.2 Å². The molecule has 0 rings (SSSR count). The van der Waals surface area contributed by atoms with Crippen LogP contribution in [0.2, 0.25) is 0 Å². The monoisotopic (exact) mass is 452 g/mol. The first kappa shape index (κ1) is 29.8. The molecule has 0 aromatic carbocycles. The lowest BCUT2D eigenvalue weighted by Gasteiger charge is -2.08. The minimum absolute atomic E-state index is 0.0975. The molecule has 0 heterocycles. The zero-order chi connectivity index (χ0) is 22.1. The van der Waals surface area contributed by atoms with Crippen LogP contribution in [-0.2, 0) is 28.5 Å². The lowest BCUT2D eigenvalue weighted by molar-refractivity contribution is -0.124. The van der Waals surface area contributed by atoms with Crippen molar-refractivity contribution in [3.63, 3.8) is 0 Å². The lowest BCUT2D eigenvalue weighted by atomic mass is 10.1. The first-order valence-corrected chi connectivity index (χ1v) is 12.2. The maximum Gasteiger partial charge on any atom is 0.158 e. The van der Waals surface area contributed by atoms with E-state index in [1.54, 1.807) is 0 Å². The largest absolute Gasteiger partial charge is 0.379 e. The van der Waals surface area contributed by atoms with Crippen molar-refractivity contribution in [3.8, 4) is 0 Å². The molecule has 0 saturated heterocycles. The van der Waals surface area contributed by atoms with Gasteiger partial charge in [0.05, 0.1) is 39.6 Å². The number of ether oxygens (including phenoxy) is 5. The van der Waals surface area contributed by atoms with Crippen molar-refractivity contribution in [1.82, 2.24) is 0 Å². The molecule has 0 aromatic heterocycles. The summed E-state index contributed by atoms with van der Waals surface area (Å²) in [5, 5.41) is 0. The van der Waals surface area contributed by atoms with Crippen molar-refractivity contribution < 1.29 is 28.5 Å². The molecule has 0 aliphatic heterocycles. The first-order chi connectivity index (χ1) is 14.7. The number of unbranched alkanes of at least 4 members (excludes halogenated alkanes) is 3. The summed E-state index contributed by atoms with van der Waals surface area (Å²) in [7, 11) is 0. The number of hydrogen-bond acceptors (Lipinski definition) is 6. The molecular formula is C23H45ClO6. The summed E-state index contributed by atoms with van der Waals surface area (Å²) in [6.45, 7) is 9.98. The van der Waals surface area contributed by atoms with Gasteiger partial charge in [0.1, 0.15) is 6.61 Å². The zero-order valence-corrected chi connectivity index (χ0v) is 20.1. The quantitative estimate of drug-likeness (QED) is 0.148. The van der Waals surface area contributed by atoms with Crippen LogP contribution in [0.3, 0.4) is 0 Å². The van der Waals surface area contributed by atoms with Gasteiger partial charge in [0.2, 0.25) is 0 Å². The van der Waals surface area contributed by atoms with E-state index in [-0.39, 0.29) is 12.4 Å². The molecule has 0 bridgehead atoms. The van der Waals surface area contributed by atoms with E-state index in [0.717, 1.165) is 50.7 Å². The molecule has 0 atom stereocenters. The Balaban J connectivity index is 3.15. The fourth-order valence-electron chi connectivity index (χ4n) is 2.64. The molecule has 180 valence electrons. The van der Waals surface area contributed by atoms with Crippen LogP contribution >= 0.6 is 11.6 Å². The smallest absolute Gasteiger partial charge is 0.158 e. The normalized spacial score (nSPS) is 11.5. The minimum atomic E-state index is 0.0975. The Morgan fingerprint density at radius 2 is 1.13 bits per heavy atom. The second-order valence-electron chi connectivity index (χ2n) is 7.78. The number of carbonyl (C=O) groups excluding carboxylic acids is 1. The third-order valence-electron chi connectivity index (χ3n) is 4.37. The van der Waals surface area contributed by atoms with Gasteiger partial charge in [-0.15, -0.1) is 11.6 Å². The van der Waals surface area contributed by atoms with Gasteiger partial charge in [-0.05, 0) is 38.0 Å². The maximum atomic E-state index is 11.7. The average molecular weight is 453 g/mol. The van der Waals surface area contributed by atoms with Crippen LogP contribution in [0.25, 0.3) is 0 Å². The van der Waals surface area contributed by atoms with Crippen molar-refractivity contribution in [1.29, 1.82) is 0 Å². The van der Waals surface area contributed by atoms with Crippen molar-refractivity contribution in [3.05, 3.63) is 0 Å². The van der Waals surface area contributed by atoms with Crippen LogP contribution in [0.15, 0.2) is 0 Å². The molecule has 0 aromatic rings. The Hall–Kier alpha value is -0.240. The van der Waals surface area contributed by atoms with Gasteiger partial charge >= 0.3 is 0 Å². The molecule has 0 aliphatic rings. The predicted octanol–water partition coefficient (Wildman–Crippen LogP) is 4.65. The summed E-state index contributed by atoms with van der Waals surface area (Å²) in [6, 6.07) is 0. The fraction of sp³-hybridized carbons (Fsp3) is 0.957. The summed E-state index contributed by atoms with van der Waals surface area (Å²) < 4.78 is 27.2. The highest BCUT2D eigenvalue weighted by atomic mass is 35.5. The topological polar surface area (TPSA) is 63.2 Å². The number of ketones is 1. The van der Waals surface area contributed by atoms with E-state index in [0.29, 0.717) is 59.1 Å². The molecule has 6 nitrogen and oxygen atoms in total. The van der Waals surface area contributed by atoms with Gasteiger partial charge in [0.25, 0.3) is 0 Å². The van der Waals surface area contributed by atoms with Crippen LogP contribution in [0.5, 0.6) is 0 Å². The van der Waals surface area contributed by atoms with E-state index in [1.165, 1.54) is 12.8 Å². The van der Waals surface area contributed by atoms with Crippen molar-refractivity contribution in [2.45, 2.75) is 65.2 Å². The molecule has 0 N–H and O–H groups in total. The number of rotatable bonds is 25. The zero-order valence-electron chi connectivity index (χ0n) is 19.3. The van der Waals surface area contributed by atoms with Gasteiger partial charge in [-0.2, -0.15) is 0 Å². The Labute approximate surface area is 189 Å². The third kappa shape index (κ3) is 25.8. The van der Waals surface area contributed by atoms with Gasteiger partial charge in [-0.25, -0.2) is 0 Å². The molecule has 0 fully saturated rings. The Morgan fingerprint density at radius 3 is 1.73 bits per heavy atom. The van der Waals surface area contributed by atoms with Crippen LogP contribution < -0.4 is 0 Å². The van der Waals surface area contributed by atoms with Crippen molar-refractivity contribution in [2.24, 2.45) is 5.92 Å². The highest BCUT2D eigenvalue weighted by Gasteiger charge is 2.02. The SMILES string of the molecule is CC(C)CCCOCCOCCOCC(=O)CCCOCCOCCCCCCCl. The summed E-state index contributed by atoms with van der Waals surface area (Å²) in [4.78, 5) is 11.7. The lowest BCUT2D eigenvalue weighted by Crippen LogP contribution is -2.14. The minimum Gasteiger partial charge on any atom is -0.379 e. The van der Waals surface area contributed by atoms with Gasteiger partial charge in [-0.1, -0.05) is 26.7 Å². The van der Waals surface area contributed by atoms with Crippen molar-refractivity contribution >= 4 is 17.4 Å². The predicted molar refractivity (Wildman–Crippen MR) is 122 cm³/mol. The van der Waals surface area contributed by atoms with Gasteiger partial charge in [0, 0.05) is 32.1 Å². The molecule has 0 spiro atoms. The number of alkyl halides is 1. The molecule has 0 radical (unpaired) electrons. The highest BCUT2D eigenvalue weighted by Crippen LogP contribution is 2.03. The van der Waals surface area contributed by atoms with E-state index in [9.17, 15) is 4.79 Å². The third-order valence-corrected chi connectivity index (χ3v) is 4.63. The Morgan fingerprint density at radius 1 is 0.633 bits per heavy atom. The maximum absolute atomic E-state index is 11.7. The summed E-state index contributed by atoms with van der Waals surface area (Å²) in [6.07, 6.45) is 7.96. The summed E-state index contributed by atoms with van der Waals surface area (Å²) in [5.74, 6) is 1.57. The molecule has 0 amide bonds. The molecule has 0 aliphatic carbocycles. The standard InChI is InChI=1S/C23H45ClO6/c1-22(2)9-7-13-27-17-18-29-19-20-30-21-23(25)10-8-14-28-16-15-26-12-6-4-3-5-11-24/h22H,3-21H2,1-2H3. The number of halogens is 1. The van der Waals surface area contributed by atoms with E-state index >= 15 is 0 Å². The molecule has 0 unspecified atom stereocenters. The summed E-state index contributed by atoms with van der Waals surface area (Å²) in [5.41, 5.74) is 0. The molecular weight excluding hydrogens is 408 g/mol. The van der Waals surface area contributed by atoms with E-state index in [1.807, 2.05) is 0 Å². The highest BCUT2D eigenvalue weighted by molar-refractivity contribution is 6.17. The molecule has 7 heteroatoms. The second kappa shape index (κ2) is 25.0.